The van der Waals surface area contributed by atoms with E-state index in [1.165, 1.54) is 24.3 Å². The van der Waals surface area contributed by atoms with Crippen LogP contribution < -0.4 is 10.6 Å². The molecule has 2 amide bonds. The second kappa shape index (κ2) is 9.05. The summed E-state index contributed by atoms with van der Waals surface area (Å²) >= 11 is 0. The first-order valence-electron chi connectivity index (χ1n) is 9.53. The van der Waals surface area contributed by atoms with Crippen LogP contribution in [-0.2, 0) is 4.79 Å². The summed E-state index contributed by atoms with van der Waals surface area (Å²) in [5.74, 6) is -2.01. The number of nitrogens with one attached hydrogen (secondary N) is 2. The fraction of sp³-hybridized carbons (Fsp3) is 0.125. The number of amides is 2. The molecule has 0 radical (unpaired) electrons. The van der Waals surface area contributed by atoms with Gasteiger partial charge in [0.25, 0.3) is 5.91 Å². The molecule has 0 aliphatic rings. The van der Waals surface area contributed by atoms with Crippen molar-refractivity contribution in [3.63, 3.8) is 0 Å². The quantitative estimate of drug-likeness (QED) is 0.535. The zero-order chi connectivity index (χ0) is 21.7. The minimum absolute atomic E-state index is 0.0683. The van der Waals surface area contributed by atoms with Crippen LogP contribution in [0.3, 0.4) is 0 Å². The topological polar surface area (TPSA) is 95.5 Å². The van der Waals surface area contributed by atoms with Gasteiger partial charge < -0.3 is 15.7 Å². The Labute approximate surface area is 174 Å². The number of hydrogen-bond donors (Lipinski definition) is 3. The lowest BCUT2D eigenvalue weighted by Crippen LogP contribution is -2.23. The summed E-state index contributed by atoms with van der Waals surface area (Å²) in [4.78, 5) is 36.1. The van der Waals surface area contributed by atoms with Gasteiger partial charge in [0.2, 0.25) is 5.91 Å². The summed E-state index contributed by atoms with van der Waals surface area (Å²) < 4.78 is 0. The third kappa shape index (κ3) is 4.72. The molecule has 0 aliphatic carbocycles. The average molecular weight is 402 g/mol. The fourth-order valence-corrected chi connectivity index (χ4v) is 3.12. The molecule has 0 atom stereocenters. The number of rotatable bonds is 6. The van der Waals surface area contributed by atoms with E-state index in [4.69, 9.17) is 0 Å². The Hall–Kier alpha value is -3.93. The van der Waals surface area contributed by atoms with E-state index in [9.17, 15) is 19.5 Å². The van der Waals surface area contributed by atoms with E-state index in [2.05, 4.69) is 10.6 Å². The van der Waals surface area contributed by atoms with Crippen LogP contribution in [0.15, 0.2) is 66.7 Å². The molecule has 6 nitrogen and oxygen atoms in total. The Morgan fingerprint density at radius 1 is 0.933 bits per heavy atom. The van der Waals surface area contributed by atoms with Crippen molar-refractivity contribution in [3.05, 3.63) is 83.4 Å². The number of aromatic carboxylic acids is 1. The highest BCUT2D eigenvalue weighted by atomic mass is 16.4. The van der Waals surface area contributed by atoms with Crippen LogP contribution in [0, 0.1) is 0 Å². The molecule has 0 aromatic heterocycles. The zero-order valence-corrected chi connectivity index (χ0v) is 16.7. The van der Waals surface area contributed by atoms with Gasteiger partial charge >= 0.3 is 5.97 Å². The van der Waals surface area contributed by atoms with E-state index in [-0.39, 0.29) is 22.7 Å². The second-order valence-electron chi connectivity index (χ2n) is 6.80. The van der Waals surface area contributed by atoms with Crippen LogP contribution >= 0.6 is 0 Å². The van der Waals surface area contributed by atoms with Crippen molar-refractivity contribution in [2.45, 2.75) is 13.8 Å². The Balaban J connectivity index is 1.87. The maximum absolute atomic E-state index is 12.6. The molecule has 0 unspecified atom stereocenters. The van der Waals surface area contributed by atoms with E-state index in [0.717, 1.165) is 21.9 Å². The van der Waals surface area contributed by atoms with E-state index < -0.39 is 11.9 Å². The van der Waals surface area contributed by atoms with Crippen LogP contribution in [0.1, 0.15) is 40.1 Å². The lowest BCUT2D eigenvalue weighted by Gasteiger charge is -2.10. The van der Waals surface area contributed by atoms with Gasteiger partial charge in [0.15, 0.2) is 0 Å². The SMILES string of the molecule is CCNC(=O)c1ccc(C(=O)O)c(NC(=O)/C=C(/C)c2ccc3ccccc3c2)c1. The third-order valence-electron chi connectivity index (χ3n) is 4.66. The smallest absolute Gasteiger partial charge is 0.337 e. The largest absolute Gasteiger partial charge is 0.478 e. The summed E-state index contributed by atoms with van der Waals surface area (Å²) in [6.07, 6.45) is 1.41. The summed E-state index contributed by atoms with van der Waals surface area (Å²) in [6.45, 7) is 4.04. The first-order chi connectivity index (χ1) is 14.4. The molecule has 3 aromatic carbocycles. The molecule has 0 spiro atoms. The number of hydrogen-bond acceptors (Lipinski definition) is 3. The van der Waals surface area contributed by atoms with Gasteiger partial charge in [-0.3, -0.25) is 9.59 Å². The van der Waals surface area contributed by atoms with Gasteiger partial charge in [0.05, 0.1) is 11.3 Å². The second-order valence-corrected chi connectivity index (χ2v) is 6.80. The maximum atomic E-state index is 12.6. The number of carbonyl (C=O) groups is 3. The predicted molar refractivity (Wildman–Crippen MR) is 118 cm³/mol. The summed E-state index contributed by atoms with van der Waals surface area (Å²) in [5.41, 5.74) is 1.87. The van der Waals surface area contributed by atoms with Crippen molar-refractivity contribution in [1.82, 2.24) is 5.32 Å². The Kier molecular flexibility index (Phi) is 6.27. The molecular formula is C24H22N2O4. The molecule has 6 heteroatoms. The molecule has 0 saturated heterocycles. The third-order valence-corrected chi connectivity index (χ3v) is 4.66. The number of allylic oxidation sites excluding steroid dienone is 1. The van der Waals surface area contributed by atoms with Crippen LogP contribution in [0.25, 0.3) is 16.3 Å². The molecule has 0 saturated carbocycles. The molecule has 0 heterocycles. The first-order valence-corrected chi connectivity index (χ1v) is 9.53. The molecule has 3 N–H and O–H groups in total. The van der Waals surface area contributed by atoms with Crippen LogP contribution in [-0.4, -0.2) is 29.4 Å². The number of carboxylic acids is 1. The molecule has 0 bridgehead atoms. The minimum Gasteiger partial charge on any atom is -0.478 e. The van der Waals surface area contributed by atoms with Gasteiger partial charge in [-0.2, -0.15) is 0 Å². The van der Waals surface area contributed by atoms with Gasteiger partial charge in [-0.15, -0.1) is 0 Å². The molecule has 3 rings (SSSR count). The van der Waals surface area contributed by atoms with E-state index >= 15 is 0 Å². The van der Waals surface area contributed by atoms with Gasteiger partial charge in [-0.05, 0) is 60.0 Å². The van der Waals surface area contributed by atoms with Gasteiger partial charge in [-0.25, -0.2) is 4.79 Å². The van der Waals surface area contributed by atoms with Crippen LogP contribution in [0.2, 0.25) is 0 Å². The number of anilines is 1. The molecule has 152 valence electrons. The summed E-state index contributed by atoms with van der Waals surface area (Å²) in [5, 5.41) is 16.8. The van der Waals surface area contributed by atoms with Crippen LogP contribution in [0.5, 0.6) is 0 Å². The molecule has 3 aromatic rings. The first kappa shape index (κ1) is 20.8. The zero-order valence-electron chi connectivity index (χ0n) is 16.7. The lowest BCUT2D eigenvalue weighted by atomic mass is 10.0. The highest BCUT2D eigenvalue weighted by Crippen LogP contribution is 2.22. The summed E-state index contributed by atoms with van der Waals surface area (Å²) in [6, 6.07) is 17.9. The van der Waals surface area contributed by atoms with Crippen molar-refractivity contribution in [2.75, 3.05) is 11.9 Å². The van der Waals surface area contributed by atoms with Crippen LogP contribution in [0.4, 0.5) is 5.69 Å². The van der Waals surface area contributed by atoms with Crippen molar-refractivity contribution < 1.29 is 19.5 Å². The fourth-order valence-electron chi connectivity index (χ4n) is 3.12. The molecule has 30 heavy (non-hydrogen) atoms. The molecule has 0 fully saturated rings. The number of fused-ring (bicyclic) bond motifs is 1. The van der Waals surface area contributed by atoms with Crippen molar-refractivity contribution in [3.8, 4) is 0 Å². The van der Waals surface area contributed by atoms with Crippen molar-refractivity contribution in [2.24, 2.45) is 0 Å². The summed E-state index contributed by atoms with van der Waals surface area (Å²) in [7, 11) is 0. The van der Waals surface area contributed by atoms with Crippen molar-refractivity contribution >= 4 is 39.8 Å². The maximum Gasteiger partial charge on any atom is 0.337 e. The monoisotopic (exact) mass is 402 g/mol. The lowest BCUT2D eigenvalue weighted by molar-refractivity contribution is -0.111. The number of benzene rings is 3. The Morgan fingerprint density at radius 3 is 2.33 bits per heavy atom. The highest BCUT2D eigenvalue weighted by molar-refractivity contribution is 6.08. The molecule has 0 aliphatic heterocycles. The van der Waals surface area contributed by atoms with Crippen molar-refractivity contribution in [1.29, 1.82) is 0 Å². The van der Waals surface area contributed by atoms with Gasteiger partial charge in [0, 0.05) is 18.2 Å². The molecular weight excluding hydrogens is 380 g/mol. The number of carbonyl (C=O) groups excluding carboxylic acids is 2. The van der Waals surface area contributed by atoms with Gasteiger partial charge in [0.1, 0.15) is 0 Å². The highest BCUT2D eigenvalue weighted by Gasteiger charge is 2.15. The normalized spacial score (nSPS) is 11.2. The average Bonchev–Trinajstić information content (AvgIpc) is 2.73. The van der Waals surface area contributed by atoms with E-state index in [1.807, 2.05) is 49.4 Å². The van der Waals surface area contributed by atoms with E-state index in [1.54, 1.807) is 6.92 Å². The minimum atomic E-state index is -1.19. The predicted octanol–water partition coefficient (Wildman–Crippen LogP) is 4.33. The Bertz CT molecular complexity index is 1160. The standard InChI is InChI=1S/C24H22N2O4/c1-3-25-23(28)19-10-11-20(24(29)30)21(14-19)26-22(27)12-15(2)17-9-8-16-6-4-5-7-18(16)13-17/h4-14H,3H2,1-2H3,(H,25,28)(H,26,27)(H,29,30)/b15-12-. The Morgan fingerprint density at radius 2 is 1.63 bits per heavy atom. The number of carboxylic acid groups (broad SMARTS) is 1. The van der Waals surface area contributed by atoms with Gasteiger partial charge in [-0.1, -0.05) is 36.4 Å². The van der Waals surface area contributed by atoms with E-state index in [0.29, 0.717) is 6.54 Å².